The monoisotopic (exact) mass is 390 g/mol. The molecule has 0 aromatic rings. The Morgan fingerprint density at radius 2 is 1.89 bits per heavy atom. The maximum Gasteiger partial charge on any atom is 0.223 e. The van der Waals surface area contributed by atoms with Gasteiger partial charge in [-0.3, -0.25) is 9.79 Å². The molecule has 4 fully saturated rings. The van der Waals surface area contributed by atoms with Crippen molar-refractivity contribution in [3.8, 4) is 0 Å². The summed E-state index contributed by atoms with van der Waals surface area (Å²) < 4.78 is 6.11. The van der Waals surface area contributed by atoms with Crippen molar-refractivity contribution < 1.29 is 9.53 Å². The highest BCUT2D eigenvalue weighted by Crippen LogP contribution is 2.60. The van der Waals surface area contributed by atoms with E-state index < -0.39 is 0 Å². The summed E-state index contributed by atoms with van der Waals surface area (Å²) in [5.41, 5.74) is 0.324. The molecule has 158 valence electrons. The lowest BCUT2D eigenvalue weighted by Crippen LogP contribution is -2.69. The van der Waals surface area contributed by atoms with Crippen LogP contribution >= 0.6 is 0 Å². The molecule has 0 aromatic carbocycles. The average molecular weight is 391 g/mol. The van der Waals surface area contributed by atoms with Crippen molar-refractivity contribution in [1.29, 1.82) is 0 Å². The van der Waals surface area contributed by atoms with Gasteiger partial charge in [-0.15, -0.1) is 0 Å². The Balaban J connectivity index is 1.35. The van der Waals surface area contributed by atoms with Gasteiger partial charge in [0.1, 0.15) is 0 Å². The van der Waals surface area contributed by atoms with E-state index in [2.05, 4.69) is 20.9 Å². The third-order valence-electron chi connectivity index (χ3n) is 7.62. The predicted octanol–water partition coefficient (Wildman–Crippen LogP) is 2.58. The van der Waals surface area contributed by atoms with E-state index in [-0.39, 0.29) is 17.9 Å². The molecular weight excluding hydrogens is 352 g/mol. The van der Waals surface area contributed by atoms with E-state index in [1.54, 1.807) is 0 Å². The number of nitrogens with zero attached hydrogens (tertiary/aromatic N) is 1. The number of carbonyl (C=O) groups is 1. The van der Waals surface area contributed by atoms with Gasteiger partial charge >= 0.3 is 0 Å². The van der Waals surface area contributed by atoms with Crippen LogP contribution in [0, 0.1) is 17.3 Å². The van der Waals surface area contributed by atoms with Crippen LogP contribution in [0.15, 0.2) is 4.99 Å². The van der Waals surface area contributed by atoms with Gasteiger partial charge in [-0.05, 0) is 52.4 Å². The summed E-state index contributed by atoms with van der Waals surface area (Å²) in [6.45, 7) is 4.97. The first-order valence-electron chi connectivity index (χ1n) is 11.5. The number of hydrogen-bond acceptors (Lipinski definition) is 3. The zero-order valence-corrected chi connectivity index (χ0v) is 17.8. The number of carbonyl (C=O) groups excluding carboxylic acids is 1. The minimum Gasteiger partial charge on any atom is -0.377 e. The molecule has 0 radical (unpaired) electrons. The van der Waals surface area contributed by atoms with Crippen LogP contribution in [0.3, 0.4) is 0 Å². The molecule has 4 rings (SSSR count). The first-order valence-corrected chi connectivity index (χ1v) is 11.5. The third kappa shape index (κ3) is 3.64. The molecule has 5 unspecified atom stereocenters. The quantitative estimate of drug-likeness (QED) is 0.509. The van der Waals surface area contributed by atoms with E-state index in [0.29, 0.717) is 29.5 Å². The Bertz CT molecular complexity index is 599. The second-order valence-corrected chi connectivity index (χ2v) is 9.75. The Hall–Kier alpha value is -1.30. The topological polar surface area (TPSA) is 74.8 Å². The number of aliphatic imine (C=N–C) groups is 1. The lowest BCUT2D eigenvalue weighted by atomic mass is 9.54. The third-order valence-corrected chi connectivity index (χ3v) is 7.62. The predicted molar refractivity (Wildman–Crippen MR) is 111 cm³/mol. The fraction of sp³-hybridized carbons (Fsp3) is 0.909. The van der Waals surface area contributed by atoms with E-state index in [1.807, 2.05) is 20.9 Å². The molecule has 3 N–H and O–H groups in total. The molecule has 28 heavy (non-hydrogen) atoms. The summed E-state index contributed by atoms with van der Waals surface area (Å²) in [4.78, 5) is 17.0. The van der Waals surface area contributed by atoms with E-state index in [9.17, 15) is 4.79 Å². The fourth-order valence-corrected chi connectivity index (χ4v) is 6.38. The number of rotatable bonds is 4. The molecule has 1 heterocycles. The van der Waals surface area contributed by atoms with Crippen molar-refractivity contribution in [3.63, 3.8) is 0 Å². The van der Waals surface area contributed by atoms with Gasteiger partial charge in [0.05, 0.1) is 6.10 Å². The summed E-state index contributed by atoms with van der Waals surface area (Å²) in [7, 11) is 1.86. The number of guanidine groups is 1. The average Bonchev–Trinajstić information content (AvgIpc) is 3.33. The Labute approximate surface area is 169 Å². The standard InChI is InChI=1S/C22H38N4O2/c1-14(2)24-20(27)15-7-6-8-16(13-15)25-21(23-3)26-18-17-9-12-28-19(17)22(18)10-4-5-11-22/h14-19H,4-13H2,1-3H3,(H,24,27)(H2,23,25,26). The number of ether oxygens (including phenoxy) is 1. The summed E-state index contributed by atoms with van der Waals surface area (Å²) in [5, 5.41) is 10.5. The largest absolute Gasteiger partial charge is 0.377 e. The lowest BCUT2D eigenvalue weighted by molar-refractivity contribution is -0.126. The van der Waals surface area contributed by atoms with Crippen molar-refractivity contribution in [3.05, 3.63) is 0 Å². The van der Waals surface area contributed by atoms with E-state index in [4.69, 9.17) is 4.74 Å². The zero-order valence-electron chi connectivity index (χ0n) is 17.8. The molecule has 3 aliphatic carbocycles. The van der Waals surface area contributed by atoms with Gasteiger partial charge < -0.3 is 20.7 Å². The molecule has 1 saturated heterocycles. The Morgan fingerprint density at radius 3 is 2.61 bits per heavy atom. The van der Waals surface area contributed by atoms with Gasteiger partial charge in [-0.1, -0.05) is 19.3 Å². The maximum absolute atomic E-state index is 12.4. The van der Waals surface area contributed by atoms with Crippen molar-refractivity contribution in [1.82, 2.24) is 16.0 Å². The highest BCUT2D eigenvalue weighted by atomic mass is 16.5. The van der Waals surface area contributed by atoms with Gasteiger partial charge in [0.2, 0.25) is 5.91 Å². The van der Waals surface area contributed by atoms with Crippen molar-refractivity contribution in [2.24, 2.45) is 22.2 Å². The normalized spacial score (nSPS) is 36.9. The second kappa shape index (κ2) is 8.21. The highest BCUT2D eigenvalue weighted by Gasteiger charge is 2.65. The van der Waals surface area contributed by atoms with Crippen LogP contribution in [-0.2, 0) is 9.53 Å². The Kier molecular flexibility index (Phi) is 5.86. The molecule has 1 spiro atoms. The molecule has 5 atom stereocenters. The van der Waals surface area contributed by atoms with Gasteiger partial charge in [-0.2, -0.15) is 0 Å². The molecule has 1 amide bonds. The van der Waals surface area contributed by atoms with Crippen LogP contribution in [0.2, 0.25) is 0 Å². The van der Waals surface area contributed by atoms with Gasteiger partial charge in [-0.25, -0.2) is 0 Å². The van der Waals surface area contributed by atoms with Crippen LogP contribution in [-0.4, -0.2) is 49.8 Å². The molecule has 6 nitrogen and oxygen atoms in total. The van der Waals surface area contributed by atoms with Gasteiger partial charge in [0.25, 0.3) is 0 Å². The van der Waals surface area contributed by atoms with Crippen molar-refractivity contribution >= 4 is 11.9 Å². The maximum atomic E-state index is 12.4. The van der Waals surface area contributed by atoms with Crippen LogP contribution in [0.25, 0.3) is 0 Å². The van der Waals surface area contributed by atoms with Gasteiger partial charge in [0.15, 0.2) is 5.96 Å². The lowest BCUT2D eigenvalue weighted by Gasteiger charge is -2.57. The van der Waals surface area contributed by atoms with Crippen LogP contribution in [0.1, 0.15) is 71.6 Å². The molecular formula is C22H38N4O2. The second-order valence-electron chi connectivity index (χ2n) is 9.75. The number of fused-ring (bicyclic) bond motifs is 2. The first-order chi connectivity index (χ1) is 13.5. The molecule has 6 heteroatoms. The zero-order chi connectivity index (χ0) is 19.7. The Morgan fingerprint density at radius 1 is 1.11 bits per heavy atom. The SMILES string of the molecule is CN=C(NC1CCCC(C(=O)NC(C)C)C1)NC1C2CCOC2C12CCCC2. The van der Waals surface area contributed by atoms with Crippen LogP contribution in [0.4, 0.5) is 0 Å². The summed E-state index contributed by atoms with van der Waals surface area (Å²) in [6.07, 6.45) is 10.9. The first kappa shape index (κ1) is 20.0. The summed E-state index contributed by atoms with van der Waals surface area (Å²) in [6, 6.07) is 1.01. The minimum atomic E-state index is 0.115. The molecule has 0 bridgehead atoms. The molecule has 4 aliphatic rings. The van der Waals surface area contributed by atoms with Crippen LogP contribution < -0.4 is 16.0 Å². The van der Waals surface area contributed by atoms with Crippen molar-refractivity contribution in [2.45, 2.75) is 95.9 Å². The van der Waals surface area contributed by atoms with Gasteiger partial charge in [0, 0.05) is 49.0 Å². The van der Waals surface area contributed by atoms with E-state index in [1.165, 1.54) is 32.1 Å². The fourth-order valence-electron chi connectivity index (χ4n) is 6.38. The number of nitrogens with one attached hydrogen (secondary N) is 3. The highest BCUT2D eigenvalue weighted by molar-refractivity contribution is 5.81. The number of hydrogen-bond donors (Lipinski definition) is 3. The van der Waals surface area contributed by atoms with Crippen molar-refractivity contribution in [2.75, 3.05) is 13.7 Å². The smallest absolute Gasteiger partial charge is 0.223 e. The summed E-state index contributed by atoms with van der Waals surface area (Å²) >= 11 is 0. The molecule has 0 aromatic heterocycles. The molecule has 1 aliphatic heterocycles. The summed E-state index contributed by atoms with van der Waals surface area (Å²) in [5.74, 6) is 1.87. The molecule has 3 saturated carbocycles. The minimum absolute atomic E-state index is 0.115. The number of amides is 1. The van der Waals surface area contributed by atoms with Crippen LogP contribution in [0.5, 0.6) is 0 Å². The van der Waals surface area contributed by atoms with E-state index >= 15 is 0 Å². The van der Waals surface area contributed by atoms with E-state index in [0.717, 1.165) is 38.2 Å².